The van der Waals surface area contributed by atoms with E-state index in [-0.39, 0.29) is 5.60 Å². The van der Waals surface area contributed by atoms with Gasteiger partial charge in [-0.05, 0) is 63.5 Å². The fourth-order valence-corrected chi connectivity index (χ4v) is 5.84. The average Bonchev–Trinajstić information content (AvgIpc) is 3.27. The van der Waals surface area contributed by atoms with Gasteiger partial charge in [-0.2, -0.15) is 0 Å². The summed E-state index contributed by atoms with van der Waals surface area (Å²) >= 11 is 0. The van der Waals surface area contributed by atoms with Crippen LogP contribution in [0.2, 0.25) is 0 Å². The number of morpholine rings is 1. The van der Waals surface area contributed by atoms with Crippen LogP contribution in [0.4, 0.5) is 11.6 Å². The lowest BCUT2D eigenvalue weighted by Crippen LogP contribution is -2.45. The molecule has 4 atom stereocenters. The fraction of sp³-hybridized carbons (Fsp3) is 0.818. The largest absolute Gasteiger partial charge is 0.378 e. The highest BCUT2D eigenvalue weighted by atomic mass is 16.5. The third-order valence-electron chi connectivity index (χ3n) is 7.30. The molecular weight excluding hydrogens is 366 g/mol. The summed E-state index contributed by atoms with van der Waals surface area (Å²) in [6.45, 7) is 11.2. The van der Waals surface area contributed by atoms with Crippen molar-refractivity contribution in [2.45, 2.75) is 57.2 Å². The van der Waals surface area contributed by atoms with E-state index in [1.54, 1.807) is 0 Å². The van der Waals surface area contributed by atoms with Gasteiger partial charge in [0.15, 0.2) is 5.82 Å². The zero-order valence-corrected chi connectivity index (χ0v) is 17.8. The smallest absolute Gasteiger partial charge is 0.151 e. The zero-order valence-electron chi connectivity index (χ0n) is 17.8. The first kappa shape index (κ1) is 19.5. The molecule has 160 valence electrons. The third-order valence-corrected chi connectivity index (χ3v) is 7.30. The van der Waals surface area contributed by atoms with Gasteiger partial charge in [0.2, 0.25) is 0 Å². The number of hydrogen-bond donors (Lipinski definition) is 1. The second-order valence-corrected chi connectivity index (χ2v) is 9.92. The molecular formula is C22H35N5O2. The molecule has 1 aromatic rings. The van der Waals surface area contributed by atoms with Gasteiger partial charge in [0.1, 0.15) is 5.82 Å². The molecule has 29 heavy (non-hydrogen) atoms. The SMILES string of the molecule is CC1(C)CC(N2CC3CC(Nc4ccc(N5CCOCC5)nn4)C[C@@H]3C2)CCO1. The Morgan fingerprint density at radius 1 is 1.03 bits per heavy atom. The molecule has 1 N–H and O–H groups in total. The summed E-state index contributed by atoms with van der Waals surface area (Å²) in [6.07, 6.45) is 4.86. The van der Waals surface area contributed by atoms with Crippen LogP contribution in [0.15, 0.2) is 12.1 Å². The number of nitrogens with zero attached hydrogens (tertiary/aromatic N) is 4. The summed E-state index contributed by atoms with van der Waals surface area (Å²) in [7, 11) is 0. The Hall–Kier alpha value is -1.44. The number of rotatable bonds is 4. The van der Waals surface area contributed by atoms with Gasteiger partial charge in [0.25, 0.3) is 0 Å². The van der Waals surface area contributed by atoms with Crippen LogP contribution in [0.1, 0.15) is 39.5 Å². The molecule has 0 amide bonds. The molecule has 3 unspecified atom stereocenters. The maximum Gasteiger partial charge on any atom is 0.151 e. The summed E-state index contributed by atoms with van der Waals surface area (Å²) in [6, 6.07) is 5.41. The van der Waals surface area contributed by atoms with Crippen molar-refractivity contribution in [3.63, 3.8) is 0 Å². The Balaban J connectivity index is 1.12. The van der Waals surface area contributed by atoms with E-state index >= 15 is 0 Å². The van der Waals surface area contributed by atoms with Gasteiger partial charge >= 0.3 is 0 Å². The summed E-state index contributed by atoms with van der Waals surface area (Å²) in [5.41, 5.74) is 0.0385. The fourth-order valence-electron chi connectivity index (χ4n) is 5.84. The zero-order chi connectivity index (χ0) is 19.8. The quantitative estimate of drug-likeness (QED) is 0.831. The molecule has 4 aliphatic rings. The van der Waals surface area contributed by atoms with Crippen LogP contribution in [0.25, 0.3) is 0 Å². The minimum absolute atomic E-state index is 0.0385. The van der Waals surface area contributed by atoms with Crippen molar-refractivity contribution >= 4 is 11.6 Å². The van der Waals surface area contributed by atoms with Crippen molar-refractivity contribution in [3.8, 4) is 0 Å². The number of nitrogens with one attached hydrogen (secondary N) is 1. The molecule has 4 heterocycles. The van der Waals surface area contributed by atoms with Crippen LogP contribution in [0.3, 0.4) is 0 Å². The number of aromatic nitrogens is 2. The lowest BCUT2D eigenvalue weighted by molar-refractivity contribution is -0.0811. The van der Waals surface area contributed by atoms with Crippen molar-refractivity contribution in [2.75, 3.05) is 56.2 Å². The third kappa shape index (κ3) is 4.37. The molecule has 4 fully saturated rings. The van der Waals surface area contributed by atoms with Crippen molar-refractivity contribution < 1.29 is 9.47 Å². The van der Waals surface area contributed by atoms with Crippen LogP contribution in [0, 0.1) is 11.8 Å². The summed E-state index contributed by atoms with van der Waals surface area (Å²) in [5, 5.41) is 12.5. The van der Waals surface area contributed by atoms with Gasteiger partial charge in [0.05, 0.1) is 18.8 Å². The molecule has 0 radical (unpaired) electrons. The monoisotopic (exact) mass is 401 g/mol. The second kappa shape index (κ2) is 8.00. The maximum atomic E-state index is 5.92. The number of anilines is 2. The number of fused-ring (bicyclic) bond motifs is 1. The molecule has 1 saturated carbocycles. The van der Waals surface area contributed by atoms with Gasteiger partial charge in [-0.1, -0.05) is 0 Å². The van der Waals surface area contributed by atoms with E-state index in [0.717, 1.165) is 56.4 Å². The highest BCUT2D eigenvalue weighted by Gasteiger charge is 2.44. The van der Waals surface area contributed by atoms with Gasteiger partial charge < -0.3 is 19.7 Å². The van der Waals surface area contributed by atoms with E-state index < -0.39 is 0 Å². The van der Waals surface area contributed by atoms with Crippen LogP contribution >= 0.6 is 0 Å². The first-order valence-electron chi connectivity index (χ1n) is 11.4. The highest BCUT2D eigenvalue weighted by molar-refractivity contribution is 5.44. The predicted molar refractivity (Wildman–Crippen MR) is 113 cm³/mol. The highest BCUT2D eigenvalue weighted by Crippen LogP contribution is 2.41. The van der Waals surface area contributed by atoms with Crippen molar-refractivity contribution in [1.82, 2.24) is 15.1 Å². The van der Waals surface area contributed by atoms with E-state index in [9.17, 15) is 0 Å². The lowest BCUT2D eigenvalue weighted by Gasteiger charge is -2.40. The van der Waals surface area contributed by atoms with Gasteiger partial charge in [0, 0.05) is 44.9 Å². The molecule has 0 aromatic carbocycles. The topological polar surface area (TPSA) is 62.8 Å². The summed E-state index contributed by atoms with van der Waals surface area (Å²) in [5.74, 6) is 3.50. The van der Waals surface area contributed by atoms with Crippen molar-refractivity contribution in [1.29, 1.82) is 0 Å². The molecule has 0 bridgehead atoms. The van der Waals surface area contributed by atoms with Gasteiger partial charge in [-0.3, -0.25) is 4.90 Å². The normalized spacial score (nSPS) is 34.9. The molecule has 7 nitrogen and oxygen atoms in total. The van der Waals surface area contributed by atoms with Crippen LogP contribution < -0.4 is 10.2 Å². The summed E-state index contributed by atoms with van der Waals surface area (Å²) in [4.78, 5) is 5.00. The van der Waals surface area contributed by atoms with E-state index in [1.165, 1.54) is 38.8 Å². The van der Waals surface area contributed by atoms with Crippen molar-refractivity contribution in [2.24, 2.45) is 11.8 Å². The lowest BCUT2D eigenvalue weighted by atomic mass is 9.93. The molecule has 1 aromatic heterocycles. The minimum Gasteiger partial charge on any atom is -0.378 e. The van der Waals surface area contributed by atoms with E-state index in [0.29, 0.717) is 12.1 Å². The van der Waals surface area contributed by atoms with Crippen LogP contribution in [-0.2, 0) is 9.47 Å². The molecule has 1 aliphatic carbocycles. The number of ether oxygens (including phenoxy) is 2. The minimum atomic E-state index is 0.0385. The Kier molecular flexibility index (Phi) is 5.39. The first-order chi connectivity index (χ1) is 14.1. The first-order valence-corrected chi connectivity index (χ1v) is 11.4. The van der Waals surface area contributed by atoms with E-state index in [2.05, 4.69) is 51.3 Å². The number of likely N-dealkylation sites (tertiary alicyclic amines) is 1. The number of hydrogen-bond acceptors (Lipinski definition) is 7. The standard InChI is InChI=1S/C22H35N5O2/c1-22(2)13-19(5-8-29-22)27-14-16-11-18(12-17(16)15-27)23-20-3-4-21(25-24-20)26-6-9-28-10-7-26/h3-4,16-19H,5-15H2,1-2H3,(H,23,24)/t16-,17?,18?,19?/m1/s1. The maximum absolute atomic E-state index is 5.92. The van der Waals surface area contributed by atoms with E-state index in [4.69, 9.17) is 9.47 Å². The molecule has 3 saturated heterocycles. The Labute approximate surface area is 174 Å². The average molecular weight is 402 g/mol. The van der Waals surface area contributed by atoms with Gasteiger partial charge in [-0.15, -0.1) is 10.2 Å². The molecule has 3 aliphatic heterocycles. The molecule has 0 spiro atoms. The molecule has 7 heteroatoms. The Bertz CT molecular complexity index is 677. The van der Waals surface area contributed by atoms with E-state index in [1.807, 2.05) is 0 Å². The predicted octanol–water partition coefficient (Wildman–Crippen LogP) is 2.39. The van der Waals surface area contributed by atoms with Crippen LogP contribution in [0.5, 0.6) is 0 Å². The van der Waals surface area contributed by atoms with Crippen LogP contribution in [-0.4, -0.2) is 78.8 Å². The molecule has 5 rings (SSSR count). The Morgan fingerprint density at radius 2 is 1.79 bits per heavy atom. The van der Waals surface area contributed by atoms with Gasteiger partial charge in [-0.25, -0.2) is 0 Å². The Morgan fingerprint density at radius 3 is 2.45 bits per heavy atom. The second-order valence-electron chi connectivity index (χ2n) is 9.92. The van der Waals surface area contributed by atoms with Crippen molar-refractivity contribution in [3.05, 3.63) is 12.1 Å². The summed E-state index contributed by atoms with van der Waals surface area (Å²) < 4.78 is 11.3.